The van der Waals surface area contributed by atoms with Gasteiger partial charge >= 0.3 is 0 Å². The highest BCUT2D eigenvalue weighted by Crippen LogP contribution is 2.20. The Morgan fingerprint density at radius 3 is 2.62 bits per heavy atom. The van der Waals surface area contributed by atoms with E-state index in [0.717, 1.165) is 11.1 Å². The highest BCUT2D eigenvalue weighted by molar-refractivity contribution is 5.95. The summed E-state index contributed by atoms with van der Waals surface area (Å²) in [7, 11) is 1.63. The van der Waals surface area contributed by atoms with E-state index in [2.05, 4.69) is 5.32 Å². The number of hydrogen-bond donors (Lipinski definition) is 3. The van der Waals surface area contributed by atoms with Gasteiger partial charge in [-0.2, -0.15) is 0 Å². The van der Waals surface area contributed by atoms with Crippen molar-refractivity contribution in [3.05, 3.63) is 59.2 Å². The predicted molar refractivity (Wildman–Crippen MR) is 80.8 cm³/mol. The van der Waals surface area contributed by atoms with E-state index >= 15 is 0 Å². The lowest BCUT2D eigenvalue weighted by Crippen LogP contribution is -2.23. The maximum Gasteiger partial charge on any atom is 0.251 e. The molecule has 0 fully saturated rings. The Morgan fingerprint density at radius 2 is 1.95 bits per heavy atom. The molecule has 110 valence electrons. The van der Waals surface area contributed by atoms with Crippen LogP contribution in [0.15, 0.2) is 42.5 Å². The highest BCUT2D eigenvalue weighted by Gasteiger charge is 2.09. The number of phenolic OH excluding ortho intramolecular Hbond substituents is 1. The van der Waals surface area contributed by atoms with Crippen LogP contribution >= 0.6 is 0 Å². The van der Waals surface area contributed by atoms with Crippen molar-refractivity contribution >= 4 is 11.6 Å². The van der Waals surface area contributed by atoms with Gasteiger partial charge in [0.2, 0.25) is 0 Å². The van der Waals surface area contributed by atoms with Crippen LogP contribution in [-0.4, -0.2) is 18.1 Å². The number of carbonyl (C=O) groups is 1. The number of nitrogen functional groups attached to an aromatic ring is 1. The molecule has 0 unspecified atom stereocenters. The quantitative estimate of drug-likeness (QED) is 0.580. The smallest absolute Gasteiger partial charge is 0.251 e. The minimum absolute atomic E-state index is 0.0950. The molecule has 2 aromatic rings. The molecule has 2 aromatic carbocycles. The Morgan fingerprint density at radius 1 is 1.24 bits per heavy atom. The number of methoxy groups -OCH3 is 1. The summed E-state index contributed by atoms with van der Waals surface area (Å²) in [5.41, 5.74) is 8.15. The lowest BCUT2D eigenvalue weighted by molar-refractivity contribution is 0.0950. The number of aromatic hydroxyl groups is 1. The zero-order valence-electron chi connectivity index (χ0n) is 11.8. The van der Waals surface area contributed by atoms with Gasteiger partial charge in [-0.3, -0.25) is 4.79 Å². The number of phenols is 1. The second-order valence-corrected chi connectivity index (χ2v) is 4.66. The molecule has 5 heteroatoms. The largest absolute Gasteiger partial charge is 0.506 e. The predicted octanol–water partition coefficient (Wildman–Crippen LogP) is 2.05. The van der Waals surface area contributed by atoms with E-state index in [1.165, 1.54) is 12.1 Å². The number of hydrogen-bond acceptors (Lipinski definition) is 4. The van der Waals surface area contributed by atoms with Crippen molar-refractivity contribution in [2.75, 3.05) is 12.8 Å². The zero-order valence-corrected chi connectivity index (χ0v) is 11.8. The van der Waals surface area contributed by atoms with E-state index in [9.17, 15) is 9.90 Å². The van der Waals surface area contributed by atoms with Gasteiger partial charge in [0.1, 0.15) is 5.75 Å². The van der Waals surface area contributed by atoms with Crippen molar-refractivity contribution in [2.24, 2.45) is 0 Å². The summed E-state index contributed by atoms with van der Waals surface area (Å²) in [6.07, 6.45) is 0. The number of nitrogens with one attached hydrogen (secondary N) is 1. The van der Waals surface area contributed by atoms with Crippen LogP contribution in [0.3, 0.4) is 0 Å². The molecule has 2 rings (SSSR count). The fraction of sp³-hybridized carbons (Fsp3) is 0.188. The van der Waals surface area contributed by atoms with E-state index in [4.69, 9.17) is 10.5 Å². The fourth-order valence-electron chi connectivity index (χ4n) is 1.99. The summed E-state index contributed by atoms with van der Waals surface area (Å²) < 4.78 is 5.13. The number of nitrogens with two attached hydrogens (primary N) is 1. The second-order valence-electron chi connectivity index (χ2n) is 4.66. The number of anilines is 1. The van der Waals surface area contributed by atoms with Crippen LogP contribution in [0.4, 0.5) is 5.69 Å². The second kappa shape index (κ2) is 6.76. The summed E-state index contributed by atoms with van der Waals surface area (Å²) in [6, 6.07) is 12.2. The molecule has 0 aliphatic heterocycles. The molecule has 0 heterocycles. The number of benzene rings is 2. The molecule has 0 aromatic heterocycles. The average Bonchev–Trinajstić information content (AvgIpc) is 2.49. The summed E-state index contributed by atoms with van der Waals surface area (Å²) in [6.45, 7) is 0.887. The number of ether oxygens (including phenoxy) is 1. The molecular formula is C16H18N2O3. The van der Waals surface area contributed by atoms with E-state index in [0.29, 0.717) is 18.7 Å². The molecule has 0 saturated carbocycles. The first-order valence-corrected chi connectivity index (χ1v) is 6.54. The number of rotatable bonds is 5. The Hall–Kier alpha value is -2.53. The van der Waals surface area contributed by atoms with Crippen molar-refractivity contribution in [2.45, 2.75) is 13.2 Å². The first kappa shape index (κ1) is 14.9. The molecule has 5 nitrogen and oxygen atoms in total. The maximum atomic E-state index is 12.1. The van der Waals surface area contributed by atoms with Crippen LogP contribution in [0.5, 0.6) is 5.75 Å². The minimum Gasteiger partial charge on any atom is -0.506 e. The maximum absolute atomic E-state index is 12.1. The zero-order chi connectivity index (χ0) is 15.2. The molecule has 0 spiro atoms. The molecule has 21 heavy (non-hydrogen) atoms. The summed E-state index contributed by atoms with van der Waals surface area (Å²) in [5.74, 6) is -0.361. The topological polar surface area (TPSA) is 84.6 Å². The van der Waals surface area contributed by atoms with Gasteiger partial charge in [-0.05, 0) is 29.3 Å². The van der Waals surface area contributed by atoms with Gasteiger partial charge in [-0.15, -0.1) is 0 Å². The van der Waals surface area contributed by atoms with E-state index in [1.807, 2.05) is 24.3 Å². The van der Waals surface area contributed by atoms with Gasteiger partial charge in [0.05, 0.1) is 12.3 Å². The number of carbonyl (C=O) groups excluding carboxylic acids is 1. The standard InChI is InChI=1S/C16H18N2O3/c1-21-10-13-5-3-2-4-12(13)9-18-16(20)11-6-7-14(17)15(19)8-11/h2-8,19H,9-10,17H2,1H3,(H,18,20). The fourth-order valence-corrected chi connectivity index (χ4v) is 1.99. The third kappa shape index (κ3) is 3.73. The van der Waals surface area contributed by atoms with Gasteiger partial charge in [-0.1, -0.05) is 24.3 Å². The van der Waals surface area contributed by atoms with Crippen molar-refractivity contribution in [1.29, 1.82) is 0 Å². The summed E-state index contributed by atoms with van der Waals surface area (Å²) in [5, 5.41) is 12.3. The van der Waals surface area contributed by atoms with E-state index in [1.54, 1.807) is 13.2 Å². The molecule has 0 radical (unpaired) electrons. The van der Waals surface area contributed by atoms with Crippen LogP contribution in [0.25, 0.3) is 0 Å². The Balaban J connectivity index is 2.05. The summed E-state index contributed by atoms with van der Waals surface area (Å²) in [4.78, 5) is 12.1. The van der Waals surface area contributed by atoms with Crippen LogP contribution in [0, 0.1) is 0 Å². The van der Waals surface area contributed by atoms with Gasteiger partial charge in [-0.25, -0.2) is 0 Å². The third-order valence-corrected chi connectivity index (χ3v) is 3.15. The SMILES string of the molecule is COCc1ccccc1CNC(=O)c1ccc(N)c(O)c1. The van der Waals surface area contributed by atoms with Gasteiger partial charge < -0.3 is 20.9 Å². The van der Waals surface area contributed by atoms with E-state index < -0.39 is 0 Å². The highest BCUT2D eigenvalue weighted by atomic mass is 16.5. The van der Waals surface area contributed by atoms with Gasteiger partial charge in [0, 0.05) is 19.2 Å². The Labute approximate surface area is 123 Å². The van der Waals surface area contributed by atoms with Crippen molar-refractivity contribution in [3.63, 3.8) is 0 Å². The molecular weight excluding hydrogens is 268 g/mol. The Bertz CT molecular complexity index is 641. The van der Waals surface area contributed by atoms with Crippen LogP contribution in [0.1, 0.15) is 21.5 Å². The number of amides is 1. The first-order chi connectivity index (χ1) is 10.1. The van der Waals surface area contributed by atoms with Crippen LogP contribution in [0.2, 0.25) is 0 Å². The Kier molecular flexibility index (Phi) is 4.79. The van der Waals surface area contributed by atoms with Crippen molar-refractivity contribution in [3.8, 4) is 5.75 Å². The van der Waals surface area contributed by atoms with Crippen LogP contribution in [-0.2, 0) is 17.9 Å². The molecule has 0 bridgehead atoms. The van der Waals surface area contributed by atoms with Crippen molar-refractivity contribution < 1.29 is 14.6 Å². The first-order valence-electron chi connectivity index (χ1n) is 6.54. The van der Waals surface area contributed by atoms with Gasteiger partial charge in [0.15, 0.2) is 0 Å². The molecule has 0 aliphatic rings. The molecule has 4 N–H and O–H groups in total. The molecule has 0 atom stereocenters. The van der Waals surface area contributed by atoms with E-state index in [-0.39, 0.29) is 17.3 Å². The summed E-state index contributed by atoms with van der Waals surface area (Å²) >= 11 is 0. The average molecular weight is 286 g/mol. The third-order valence-electron chi connectivity index (χ3n) is 3.15. The monoisotopic (exact) mass is 286 g/mol. The van der Waals surface area contributed by atoms with Crippen molar-refractivity contribution in [1.82, 2.24) is 5.32 Å². The lowest BCUT2D eigenvalue weighted by Gasteiger charge is -2.10. The molecule has 0 aliphatic carbocycles. The molecule has 0 saturated heterocycles. The lowest BCUT2D eigenvalue weighted by atomic mass is 10.1. The normalized spacial score (nSPS) is 10.3. The minimum atomic E-state index is -0.266. The van der Waals surface area contributed by atoms with Gasteiger partial charge in [0.25, 0.3) is 5.91 Å². The molecule has 1 amide bonds. The van der Waals surface area contributed by atoms with Crippen LogP contribution < -0.4 is 11.1 Å².